The third-order valence-electron chi connectivity index (χ3n) is 0.118. The summed E-state index contributed by atoms with van der Waals surface area (Å²) >= 11 is 1.20. The van der Waals surface area contributed by atoms with E-state index in [4.69, 9.17) is 6.42 Å². The number of hydrogen-bond donors (Lipinski definition) is 0. The predicted molar refractivity (Wildman–Crippen MR) is 19.4 cm³/mol. The molecule has 0 aliphatic rings. The fourth-order valence-corrected chi connectivity index (χ4v) is 0. The standard InChI is InChI=1S/C3H3.In/c1-3-2;/h1H,2H2;. The Labute approximate surface area is 41.2 Å². The van der Waals surface area contributed by atoms with Crippen LogP contribution in [0.5, 0.6) is 0 Å². The zero-order chi connectivity index (χ0) is 3.41. The molecule has 0 saturated carbocycles. The van der Waals surface area contributed by atoms with Gasteiger partial charge in [-0.25, -0.2) is 0 Å². The van der Waals surface area contributed by atoms with Crippen LogP contribution in [0.4, 0.5) is 0 Å². The van der Waals surface area contributed by atoms with Crippen molar-refractivity contribution in [3.05, 3.63) is 0 Å². The quantitative estimate of drug-likeness (QED) is 0.437. The van der Waals surface area contributed by atoms with Gasteiger partial charge in [0, 0.05) is 0 Å². The van der Waals surface area contributed by atoms with E-state index in [2.05, 4.69) is 5.92 Å². The van der Waals surface area contributed by atoms with E-state index in [1.807, 2.05) is 0 Å². The molecule has 0 amide bonds. The summed E-state index contributed by atoms with van der Waals surface area (Å²) in [4.78, 5) is 0. The summed E-state index contributed by atoms with van der Waals surface area (Å²) in [5.41, 5.74) is 0. The molecule has 4 heavy (non-hydrogen) atoms. The maximum absolute atomic E-state index is 4.81. The fraction of sp³-hybridized carbons (Fsp3) is 0.333. The van der Waals surface area contributed by atoms with Crippen LogP contribution in [0.1, 0.15) is 0 Å². The second kappa shape index (κ2) is 3.43. The minimum absolute atomic E-state index is 0.977. The first-order chi connectivity index (χ1) is 1.91. The van der Waals surface area contributed by atoms with Gasteiger partial charge in [-0.2, -0.15) is 0 Å². The first-order valence-electron chi connectivity index (χ1n) is 1.05. The van der Waals surface area contributed by atoms with Crippen molar-refractivity contribution in [3.8, 4) is 12.3 Å². The Hall–Kier alpha value is 0.430. The fourth-order valence-electron chi connectivity index (χ4n) is 0. The topological polar surface area (TPSA) is 0 Å². The molecule has 1 heteroatoms. The van der Waals surface area contributed by atoms with Gasteiger partial charge in [0.25, 0.3) is 0 Å². The Morgan fingerprint density at radius 2 is 2.25 bits per heavy atom. The molecule has 0 rings (SSSR count). The Morgan fingerprint density at radius 3 is 2.25 bits per heavy atom. The van der Waals surface area contributed by atoms with Gasteiger partial charge in [-0.05, 0) is 0 Å². The average molecular weight is 154 g/mol. The van der Waals surface area contributed by atoms with Crippen molar-refractivity contribution in [2.45, 2.75) is 4.18 Å². The van der Waals surface area contributed by atoms with Crippen molar-refractivity contribution in [1.29, 1.82) is 0 Å². The summed E-state index contributed by atoms with van der Waals surface area (Å²) in [6.07, 6.45) is 4.81. The normalized spacial score (nSPS) is 4.75. The molecule has 0 atom stereocenters. The summed E-state index contributed by atoms with van der Waals surface area (Å²) in [5, 5.41) is 0. The van der Waals surface area contributed by atoms with Gasteiger partial charge in [0.1, 0.15) is 0 Å². The van der Waals surface area contributed by atoms with Gasteiger partial charge in [0.05, 0.1) is 0 Å². The molecule has 0 aromatic rings. The van der Waals surface area contributed by atoms with Crippen LogP contribution in [0.25, 0.3) is 0 Å². The van der Waals surface area contributed by atoms with E-state index in [1.54, 1.807) is 0 Å². The summed E-state index contributed by atoms with van der Waals surface area (Å²) in [7, 11) is 0. The number of rotatable bonds is 0. The van der Waals surface area contributed by atoms with Crippen LogP contribution >= 0.6 is 0 Å². The van der Waals surface area contributed by atoms with Crippen molar-refractivity contribution in [1.82, 2.24) is 0 Å². The van der Waals surface area contributed by atoms with E-state index in [0.717, 1.165) is 4.18 Å². The monoisotopic (exact) mass is 154 g/mol. The van der Waals surface area contributed by atoms with Gasteiger partial charge < -0.3 is 0 Å². The predicted octanol–water partition coefficient (Wildman–Crippen LogP) is 0.206. The van der Waals surface area contributed by atoms with Crippen LogP contribution < -0.4 is 0 Å². The van der Waals surface area contributed by atoms with Crippen LogP contribution in [0, 0.1) is 12.3 Å². The van der Waals surface area contributed by atoms with Crippen LogP contribution in [0.15, 0.2) is 0 Å². The third kappa shape index (κ3) is 2.43. The van der Waals surface area contributed by atoms with Gasteiger partial charge >= 0.3 is 40.9 Å². The summed E-state index contributed by atoms with van der Waals surface area (Å²) in [6.45, 7) is 0. The van der Waals surface area contributed by atoms with Gasteiger partial charge in [0.15, 0.2) is 0 Å². The van der Waals surface area contributed by atoms with E-state index >= 15 is 0 Å². The SMILES string of the molecule is C#C[CH2][In]. The molecule has 0 N–H and O–H groups in total. The van der Waals surface area contributed by atoms with E-state index in [-0.39, 0.29) is 0 Å². The van der Waals surface area contributed by atoms with Gasteiger partial charge in [0.2, 0.25) is 0 Å². The molecule has 0 aliphatic heterocycles. The first kappa shape index (κ1) is 4.43. The van der Waals surface area contributed by atoms with E-state index in [9.17, 15) is 0 Å². The molecule has 0 bridgehead atoms. The molecule has 0 saturated heterocycles. The third-order valence-corrected chi connectivity index (χ3v) is 0.791. The molecular weight excluding hydrogens is 151 g/mol. The number of hydrogen-bond acceptors (Lipinski definition) is 0. The van der Waals surface area contributed by atoms with Crippen LogP contribution in [-0.2, 0) is 0 Å². The van der Waals surface area contributed by atoms with Crippen molar-refractivity contribution in [2.75, 3.05) is 0 Å². The molecule has 0 heterocycles. The van der Waals surface area contributed by atoms with Gasteiger partial charge in [-0.15, -0.1) is 0 Å². The molecular formula is C3H3In. The number of terminal acetylenes is 1. The van der Waals surface area contributed by atoms with Crippen molar-refractivity contribution < 1.29 is 0 Å². The Morgan fingerprint density at radius 1 is 2.00 bits per heavy atom. The molecule has 0 unspecified atom stereocenters. The Balaban J connectivity index is 2.43. The molecule has 0 spiro atoms. The molecule has 18 valence electrons. The second-order valence-corrected chi connectivity index (χ2v) is 1.57. The minimum atomic E-state index is 0.977. The Kier molecular flexibility index (Phi) is 3.80. The molecule has 0 aromatic carbocycles. The van der Waals surface area contributed by atoms with Crippen LogP contribution in [-0.4, -0.2) is 24.4 Å². The zero-order valence-electron chi connectivity index (χ0n) is 2.36. The summed E-state index contributed by atoms with van der Waals surface area (Å²) in [6, 6.07) is 0. The van der Waals surface area contributed by atoms with Crippen molar-refractivity contribution in [3.63, 3.8) is 0 Å². The van der Waals surface area contributed by atoms with Crippen LogP contribution in [0.2, 0.25) is 4.18 Å². The molecule has 2 radical (unpaired) electrons. The zero-order valence-corrected chi connectivity index (χ0v) is 5.66. The summed E-state index contributed by atoms with van der Waals surface area (Å²) in [5.74, 6) is 2.49. The second-order valence-electron chi connectivity index (χ2n) is 0.408. The van der Waals surface area contributed by atoms with Crippen LogP contribution in [0.3, 0.4) is 0 Å². The molecule has 0 nitrogen and oxygen atoms in total. The maximum atomic E-state index is 4.81. The molecule has 0 aromatic heterocycles. The van der Waals surface area contributed by atoms with E-state index < -0.39 is 0 Å². The summed E-state index contributed by atoms with van der Waals surface area (Å²) < 4.78 is 0.977. The Bertz CT molecular complexity index is 33.0. The van der Waals surface area contributed by atoms with Crippen molar-refractivity contribution >= 4 is 24.4 Å². The van der Waals surface area contributed by atoms with E-state index in [1.165, 1.54) is 24.4 Å². The molecule has 0 aliphatic carbocycles. The average Bonchev–Trinajstić information content (AvgIpc) is 1.37. The van der Waals surface area contributed by atoms with Crippen molar-refractivity contribution in [2.24, 2.45) is 0 Å². The first-order valence-corrected chi connectivity index (χ1v) is 3.38. The van der Waals surface area contributed by atoms with Gasteiger partial charge in [-0.3, -0.25) is 0 Å². The van der Waals surface area contributed by atoms with E-state index in [0.29, 0.717) is 0 Å². The van der Waals surface area contributed by atoms with Gasteiger partial charge in [-0.1, -0.05) is 0 Å². The molecule has 0 fully saturated rings.